The van der Waals surface area contributed by atoms with Gasteiger partial charge in [-0.05, 0) is 22.0 Å². The summed E-state index contributed by atoms with van der Waals surface area (Å²) in [5.74, 6) is -0.388. The third-order valence-electron chi connectivity index (χ3n) is 1.48. The zero-order valence-corrected chi connectivity index (χ0v) is 9.35. The molecule has 0 aliphatic heterocycles. The van der Waals surface area contributed by atoms with Crippen molar-refractivity contribution in [1.82, 2.24) is 10.5 Å². The highest BCUT2D eigenvalue weighted by Crippen LogP contribution is 2.20. The molecule has 0 amide bonds. The van der Waals surface area contributed by atoms with Crippen LogP contribution in [0.3, 0.4) is 0 Å². The van der Waals surface area contributed by atoms with Crippen molar-refractivity contribution in [2.24, 2.45) is 4.99 Å². The molecular formula is C8H8BrN3O3. The Morgan fingerprint density at radius 2 is 2.53 bits per heavy atom. The number of ether oxygens (including phenoxy) is 1. The van der Waals surface area contributed by atoms with E-state index in [0.717, 1.165) is 6.34 Å². The van der Waals surface area contributed by atoms with Crippen molar-refractivity contribution >= 4 is 34.1 Å². The number of carbonyl (C=O) groups is 1. The van der Waals surface area contributed by atoms with Crippen LogP contribution >= 0.6 is 15.9 Å². The molecule has 1 rings (SSSR count). The number of methoxy groups -OCH3 is 1. The number of hydrogen-bond acceptors (Lipinski definition) is 5. The zero-order chi connectivity index (χ0) is 11.3. The normalized spacial score (nSPS) is 10.3. The van der Waals surface area contributed by atoms with Crippen molar-refractivity contribution in [3.8, 4) is 0 Å². The van der Waals surface area contributed by atoms with Crippen molar-refractivity contribution in [3.63, 3.8) is 0 Å². The summed E-state index contributed by atoms with van der Waals surface area (Å²) in [5, 5.41) is 8.32. The lowest BCUT2D eigenvalue weighted by Gasteiger charge is -2.02. The van der Waals surface area contributed by atoms with Crippen LogP contribution in [0.2, 0.25) is 0 Å². The minimum atomic E-state index is -0.547. The van der Waals surface area contributed by atoms with Crippen LogP contribution in [0.4, 0.5) is 5.82 Å². The van der Waals surface area contributed by atoms with Crippen LogP contribution in [0.5, 0.6) is 0 Å². The first kappa shape index (κ1) is 11.6. The van der Waals surface area contributed by atoms with E-state index in [0.29, 0.717) is 4.47 Å². The van der Waals surface area contributed by atoms with Gasteiger partial charge in [-0.25, -0.2) is 14.8 Å². The van der Waals surface area contributed by atoms with E-state index in [1.807, 2.05) is 0 Å². The highest BCUT2D eigenvalue weighted by atomic mass is 79.9. The van der Waals surface area contributed by atoms with Gasteiger partial charge in [0, 0.05) is 10.7 Å². The lowest BCUT2D eigenvalue weighted by Crippen LogP contribution is -2.05. The van der Waals surface area contributed by atoms with E-state index >= 15 is 0 Å². The van der Waals surface area contributed by atoms with Crippen LogP contribution in [-0.4, -0.2) is 29.6 Å². The molecule has 6 nitrogen and oxygen atoms in total. The molecule has 1 aromatic rings. The fourth-order valence-corrected chi connectivity index (χ4v) is 1.22. The number of nitrogens with zero attached hydrogens (tertiary/aromatic N) is 2. The maximum atomic E-state index is 11.3. The molecule has 0 aromatic carbocycles. The Kier molecular flexibility index (Phi) is 4.19. The lowest BCUT2D eigenvalue weighted by molar-refractivity contribution is 0.0601. The second kappa shape index (κ2) is 5.42. The van der Waals surface area contributed by atoms with Gasteiger partial charge in [0.15, 0.2) is 5.82 Å². The number of carbonyl (C=O) groups excluding carboxylic acids is 1. The first-order valence-electron chi connectivity index (χ1n) is 3.85. The number of hydrogen-bond donors (Lipinski definition) is 2. The molecule has 0 aliphatic carbocycles. The van der Waals surface area contributed by atoms with Gasteiger partial charge in [-0.15, -0.1) is 0 Å². The first-order chi connectivity index (χ1) is 7.19. The average molecular weight is 274 g/mol. The van der Waals surface area contributed by atoms with Gasteiger partial charge in [0.25, 0.3) is 0 Å². The average Bonchev–Trinajstić information content (AvgIpc) is 2.26. The number of esters is 1. The van der Waals surface area contributed by atoms with E-state index < -0.39 is 5.97 Å². The molecule has 0 radical (unpaired) electrons. The second-order valence-electron chi connectivity index (χ2n) is 2.40. The molecule has 0 fully saturated rings. The Labute approximate surface area is 94.1 Å². The number of pyridine rings is 1. The van der Waals surface area contributed by atoms with Crippen molar-refractivity contribution < 1.29 is 14.7 Å². The number of halogens is 1. The number of hydroxylamine groups is 1. The van der Waals surface area contributed by atoms with Crippen LogP contribution in [0, 0.1) is 0 Å². The largest absolute Gasteiger partial charge is 0.465 e. The van der Waals surface area contributed by atoms with E-state index in [1.165, 1.54) is 19.4 Å². The molecular weight excluding hydrogens is 266 g/mol. The van der Waals surface area contributed by atoms with Gasteiger partial charge in [0.2, 0.25) is 0 Å². The Bertz CT molecular complexity index is 395. The van der Waals surface area contributed by atoms with Gasteiger partial charge in [-0.2, -0.15) is 0 Å². The standard InChI is InChI=1S/C8H8BrN3O3/c1-15-8(13)6-2-5(9)3-10-7(6)11-4-12-14/h2-4,14H,1H3,(H,10,11,12). The predicted molar refractivity (Wildman–Crippen MR) is 56.4 cm³/mol. The summed E-state index contributed by atoms with van der Waals surface area (Å²) in [6.45, 7) is 0. The summed E-state index contributed by atoms with van der Waals surface area (Å²) in [4.78, 5) is 18.9. The molecule has 0 saturated heterocycles. The Balaban J connectivity index is 3.14. The fourth-order valence-electron chi connectivity index (χ4n) is 0.885. The molecule has 0 aliphatic rings. The van der Waals surface area contributed by atoms with Gasteiger partial charge >= 0.3 is 5.97 Å². The molecule has 0 spiro atoms. The van der Waals surface area contributed by atoms with Crippen molar-refractivity contribution in [1.29, 1.82) is 0 Å². The summed E-state index contributed by atoms with van der Waals surface area (Å²) in [6.07, 6.45) is 2.49. The molecule has 0 saturated carbocycles. The third-order valence-corrected chi connectivity index (χ3v) is 1.92. The van der Waals surface area contributed by atoms with Crippen molar-refractivity contribution in [2.45, 2.75) is 0 Å². The minimum absolute atomic E-state index is 0.159. The third kappa shape index (κ3) is 3.00. The smallest absolute Gasteiger partial charge is 0.341 e. The van der Waals surface area contributed by atoms with Gasteiger partial charge in [-0.3, -0.25) is 10.7 Å². The maximum absolute atomic E-state index is 11.3. The van der Waals surface area contributed by atoms with Crippen LogP contribution in [0.25, 0.3) is 0 Å². The van der Waals surface area contributed by atoms with E-state index in [9.17, 15) is 4.79 Å². The minimum Gasteiger partial charge on any atom is -0.465 e. The maximum Gasteiger partial charge on any atom is 0.341 e. The quantitative estimate of drug-likeness (QED) is 0.375. The summed E-state index contributed by atoms with van der Waals surface area (Å²) >= 11 is 3.17. The highest BCUT2D eigenvalue weighted by Gasteiger charge is 2.12. The second-order valence-corrected chi connectivity index (χ2v) is 3.32. The molecule has 15 heavy (non-hydrogen) atoms. The van der Waals surface area contributed by atoms with E-state index in [1.54, 1.807) is 5.48 Å². The van der Waals surface area contributed by atoms with Crippen LogP contribution in [-0.2, 0) is 4.74 Å². The summed E-state index contributed by atoms with van der Waals surface area (Å²) in [6, 6.07) is 1.53. The molecule has 2 N–H and O–H groups in total. The molecule has 0 atom stereocenters. The number of rotatable bonds is 3. The SMILES string of the molecule is COC(=O)c1cc(Br)cnc1/N=C/NO. The van der Waals surface area contributed by atoms with Gasteiger partial charge in [0.1, 0.15) is 11.9 Å². The van der Waals surface area contributed by atoms with E-state index in [2.05, 4.69) is 30.6 Å². The monoisotopic (exact) mass is 273 g/mol. The summed E-state index contributed by atoms with van der Waals surface area (Å²) < 4.78 is 5.19. The lowest BCUT2D eigenvalue weighted by atomic mass is 10.2. The fraction of sp³-hybridized carbons (Fsp3) is 0.125. The highest BCUT2D eigenvalue weighted by molar-refractivity contribution is 9.10. The Morgan fingerprint density at radius 1 is 1.80 bits per heavy atom. The Hall–Kier alpha value is -1.47. The number of aliphatic imine (C=N–C) groups is 1. The van der Waals surface area contributed by atoms with E-state index in [-0.39, 0.29) is 11.4 Å². The first-order valence-corrected chi connectivity index (χ1v) is 4.64. The molecule has 80 valence electrons. The summed E-state index contributed by atoms with van der Waals surface area (Å²) in [5.41, 5.74) is 1.93. The van der Waals surface area contributed by atoms with Gasteiger partial charge in [-0.1, -0.05) is 0 Å². The van der Waals surface area contributed by atoms with Gasteiger partial charge in [0.05, 0.1) is 7.11 Å². The molecule has 0 bridgehead atoms. The van der Waals surface area contributed by atoms with Crippen LogP contribution < -0.4 is 5.48 Å². The van der Waals surface area contributed by atoms with E-state index in [4.69, 9.17) is 5.21 Å². The van der Waals surface area contributed by atoms with Gasteiger partial charge < -0.3 is 4.74 Å². The molecule has 0 unspecified atom stereocenters. The molecule has 7 heteroatoms. The zero-order valence-electron chi connectivity index (χ0n) is 7.77. The van der Waals surface area contributed by atoms with Crippen LogP contribution in [0.15, 0.2) is 21.7 Å². The predicted octanol–water partition coefficient (Wildman–Crippen LogP) is 1.27. The topological polar surface area (TPSA) is 83.8 Å². The number of nitrogens with one attached hydrogen (secondary N) is 1. The van der Waals surface area contributed by atoms with Crippen molar-refractivity contribution in [2.75, 3.05) is 7.11 Å². The Morgan fingerprint density at radius 3 is 3.13 bits per heavy atom. The molecule has 1 heterocycles. The van der Waals surface area contributed by atoms with Crippen LogP contribution in [0.1, 0.15) is 10.4 Å². The molecule has 1 aromatic heterocycles. The number of aromatic nitrogens is 1. The summed E-state index contributed by atoms with van der Waals surface area (Å²) in [7, 11) is 1.26. The van der Waals surface area contributed by atoms with Crippen molar-refractivity contribution in [3.05, 3.63) is 22.3 Å².